The van der Waals surface area contributed by atoms with Crippen molar-refractivity contribution in [3.05, 3.63) is 47.2 Å². The Bertz CT molecular complexity index is 807. The zero-order valence-corrected chi connectivity index (χ0v) is 14.5. The molecule has 1 N–H and O–H groups in total. The highest BCUT2D eigenvalue weighted by Crippen LogP contribution is 2.31. The SMILES string of the molecule is Brc1ccc2nc(-c3ccccn3)c(NC3CCCCC3)n2c1. The molecule has 118 valence electrons. The van der Waals surface area contributed by atoms with Crippen LogP contribution in [0.3, 0.4) is 0 Å². The number of halogens is 1. The lowest BCUT2D eigenvalue weighted by Crippen LogP contribution is -2.23. The van der Waals surface area contributed by atoms with Gasteiger partial charge in [0.2, 0.25) is 0 Å². The van der Waals surface area contributed by atoms with Crippen LogP contribution in [-0.4, -0.2) is 20.4 Å². The average molecular weight is 371 g/mol. The number of imidazole rings is 1. The number of anilines is 1. The van der Waals surface area contributed by atoms with E-state index in [1.54, 1.807) is 0 Å². The monoisotopic (exact) mass is 370 g/mol. The number of rotatable bonds is 3. The van der Waals surface area contributed by atoms with E-state index in [2.05, 4.69) is 36.8 Å². The lowest BCUT2D eigenvalue weighted by Gasteiger charge is -2.24. The number of nitrogens with one attached hydrogen (secondary N) is 1. The van der Waals surface area contributed by atoms with E-state index in [0.717, 1.165) is 27.3 Å². The number of pyridine rings is 2. The van der Waals surface area contributed by atoms with Crippen molar-refractivity contribution in [2.45, 2.75) is 38.1 Å². The zero-order chi connectivity index (χ0) is 15.6. The van der Waals surface area contributed by atoms with Gasteiger partial charge >= 0.3 is 0 Å². The molecule has 0 spiro atoms. The minimum atomic E-state index is 0.519. The van der Waals surface area contributed by atoms with E-state index < -0.39 is 0 Å². The van der Waals surface area contributed by atoms with Crippen LogP contribution in [-0.2, 0) is 0 Å². The zero-order valence-electron chi connectivity index (χ0n) is 12.9. The molecule has 0 unspecified atom stereocenters. The average Bonchev–Trinajstić information content (AvgIpc) is 2.95. The second kappa shape index (κ2) is 6.32. The first-order chi connectivity index (χ1) is 11.3. The van der Waals surface area contributed by atoms with Crippen molar-refractivity contribution >= 4 is 27.4 Å². The van der Waals surface area contributed by atoms with Gasteiger partial charge < -0.3 is 5.32 Å². The summed E-state index contributed by atoms with van der Waals surface area (Å²) in [6, 6.07) is 10.5. The van der Waals surface area contributed by atoms with Crippen LogP contribution in [0.5, 0.6) is 0 Å². The van der Waals surface area contributed by atoms with E-state index in [4.69, 9.17) is 4.98 Å². The maximum absolute atomic E-state index is 4.81. The van der Waals surface area contributed by atoms with E-state index in [-0.39, 0.29) is 0 Å². The highest BCUT2D eigenvalue weighted by atomic mass is 79.9. The molecular formula is C18H19BrN4. The van der Waals surface area contributed by atoms with Crippen LogP contribution < -0.4 is 5.32 Å². The van der Waals surface area contributed by atoms with Gasteiger partial charge in [-0.15, -0.1) is 0 Å². The maximum Gasteiger partial charge on any atom is 0.140 e. The molecule has 4 rings (SSSR count). The van der Waals surface area contributed by atoms with Crippen molar-refractivity contribution in [1.29, 1.82) is 0 Å². The Morgan fingerprint density at radius 2 is 1.96 bits per heavy atom. The summed E-state index contributed by atoms with van der Waals surface area (Å²) < 4.78 is 3.17. The molecule has 1 aliphatic carbocycles. The van der Waals surface area contributed by atoms with E-state index in [1.165, 1.54) is 32.1 Å². The fraction of sp³-hybridized carbons (Fsp3) is 0.333. The van der Waals surface area contributed by atoms with Crippen LogP contribution in [0.25, 0.3) is 17.0 Å². The number of hydrogen-bond donors (Lipinski definition) is 1. The predicted molar refractivity (Wildman–Crippen MR) is 96.6 cm³/mol. The Balaban J connectivity index is 1.82. The van der Waals surface area contributed by atoms with E-state index in [0.29, 0.717) is 6.04 Å². The van der Waals surface area contributed by atoms with Gasteiger partial charge in [-0.3, -0.25) is 9.38 Å². The minimum absolute atomic E-state index is 0.519. The second-order valence-electron chi connectivity index (χ2n) is 6.08. The molecule has 23 heavy (non-hydrogen) atoms. The van der Waals surface area contributed by atoms with Crippen LogP contribution in [0.2, 0.25) is 0 Å². The van der Waals surface area contributed by atoms with E-state index in [1.807, 2.05) is 36.5 Å². The number of hydrogen-bond acceptors (Lipinski definition) is 3. The summed E-state index contributed by atoms with van der Waals surface area (Å²) in [5, 5.41) is 3.74. The van der Waals surface area contributed by atoms with Crippen LogP contribution in [0, 0.1) is 0 Å². The molecule has 1 aliphatic rings. The molecule has 5 heteroatoms. The highest BCUT2D eigenvalue weighted by Gasteiger charge is 2.20. The third-order valence-corrected chi connectivity index (χ3v) is 4.91. The molecular weight excluding hydrogens is 352 g/mol. The Morgan fingerprint density at radius 3 is 2.74 bits per heavy atom. The molecule has 0 amide bonds. The molecule has 3 aromatic rings. The van der Waals surface area contributed by atoms with E-state index in [9.17, 15) is 0 Å². The van der Waals surface area contributed by atoms with Crippen molar-refractivity contribution in [2.24, 2.45) is 0 Å². The molecule has 0 atom stereocenters. The van der Waals surface area contributed by atoms with Crippen molar-refractivity contribution in [2.75, 3.05) is 5.32 Å². The largest absolute Gasteiger partial charge is 0.367 e. The van der Waals surface area contributed by atoms with Gasteiger partial charge in [0.25, 0.3) is 0 Å². The van der Waals surface area contributed by atoms with Gasteiger partial charge in [-0.05, 0) is 53.0 Å². The Kier molecular flexibility index (Phi) is 4.04. The summed E-state index contributed by atoms with van der Waals surface area (Å²) in [6.45, 7) is 0. The molecule has 3 aromatic heterocycles. The molecule has 0 radical (unpaired) electrons. The van der Waals surface area contributed by atoms with Gasteiger partial charge in [0, 0.05) is 22.9 Å². The van der Waals surface area contributed by atoms with Crippen LogP contribution in [0.4, 0.5) is 5.82 Å². The summed E-state index contributed by atoms with van der Waals surface area (Å²) in [4.78, 5) is 9.30. The highest BCUT2D eigenvalue weighted by molar-refractivity contribution is 9.10. The number of fused-ring (bicyclic) bond motifs is 1. The topological polar surface area (TPSA) is 42.2 Å². The van der Waals surface area contributed by atoms with Gasteiger partial charge in [0.1, 0.15) is 17.2 Å². The molecule has 0 aliphatic heterocycles. The fourth-order valence-corrected chi connectivity index (χ4v) is 3.62. The molecule has 4 nitrogen and oxygen atoms in total. The van der Waals surface area contributed by atoms with Crippen LogP contribution in [0.15, 0.2) is 47.2 Å². The first kappa shape index (κ1) is 14.7. The van der Waals surface area contributed by atoms with Crippen LogP contribution >= 0.6 is 15.9 Å². The Hall–Kier alpha value is -1.88. The molecule has 0 bridgehead atoms. The minimum Gasteiger partial charge on any atom is -0.367 e. The van der Waals surface area contributed by atoms with Gasteiger partial charge in [-0.1, -0.05) is 25.3 Å². The van der Waals surface area contributed by atoms with Crippen molar-refractivity contribution in [3.63, 3.8) is 0 Å². The lowest BCUT2D eigenvalue weighted by molar-refractivity contribution is 0.461. The maximum atomic E-state index is 4.81. The number of nitrogens with zero attached hydrogens (tertiary/aromatic N) is 3. The van der Waals surface area contributed by atoms with Gasteiger partial charge in [0.05, 0.1) is 5.69 Å². The lowest BCUT2D eigenvalue weighted by atomic mass is 9.95. The smallest absolute Gasteiger partial charge is 0.140 e. The molecule has 0 saturated heterocycles. The quantitative estimate of drug-likeness (QED) is 0.712. The van der Waals surface area contributed by atoms with Gasteiger partial charge in [-0.25, -0.2) is 4.98 Å². The summed E-state index contributed by atoms with van der Waals surface area (Å²) >= 11 is 3.57. The Morgan fingerprint density at radius 1 is 1.09 bits per heavy atom. The van der Waals surface area contributed by atoms with Crippen molar-refractivity contribution in [3.8, 4) is 11.4 Å². The summed E-state index contributed by atoms with van der Waals surface area (Å²) in [5.74, 6) is 1.05. The standard InChI is InChI=1S/C18H19BrN4/c19-13-9-10-16-22-17(15-8-4-5-11-20-15)18(23(16)12-13)21-14-6-2-1-3-7-14/h4-5,8-12,14,21H,1-3,6-7H2. The second-order valence-corrected chi connectivity index (χ2v) is 6.99. The summed E-state index contributed by atoms with van der Waals surface area (Å²) in [6.07, 6.45) is 10.3. The third kappa shape index (κ3) is 2.98. The van der Waals surface area contributed by atoms with Gasteiger partial charge in [-0.2, -0.15) is 0 Å². The van der Waals surface area contributed by atoms with Crippen molar-refractivity contribution in [1.82, 2.24) is 14.4 Å². The van der Waals surface area contributed by atoms with Crippen LogP contribution in [0.1, 0.15) is 32.1 Å². The summed E-state index contributed by atoms with van der Waals surface area (Å²) in [5.41, 5.74) is 2.77. The number of aromatic nitrogens is 3. The predicted octanol–water partition coefficient (Wildman–Crippen LogP) is 4.90. The third-order valence-electron chi connectivity index (χ3n) is 4.44. The molecule has 1 saturated carbocycles. The normalized spacial score (nSPS) is 15.9. The molecule has 0 aromatic carbocycles. The molecule has 1 fully saturated rings. The molecule has 3 heterocycles. The first-order valence-electron chi connectivity index (χ1n) is 8.17. The van der Waals surface area contributed by atoms with E-state index >= 15 is 0 Å². The fourth-order valence-electron chi connectivity index (χ4n) is 3.28. The summed E-state index contributed by atoms with van der Waals surface area (Å²) in [7, 11) is 0. The van der Waals surface area contributed by atoms with Crippen molar-refractivity contribution < 1.29 is 0 Å². The first-order valence-corrected chi connectivity index (χ1v) is 8.96. The Labute approximate surface area is 144 Å². The van der Waals surface area contributed by atoms with Gasteiger partial charge in [0.15, 0.2) is 0 Å².